The number of benzene rings is 2. The second-order valence-electron chi connectivity index (χ2n) is 7.73. The average molecular weight is 322 g/mol. The molecule has 1 heteroatoms. The molecule has 0 aromatic heterocycles. The van der Waals surface area contributed by atoms with Gasteiger partial charge in [0.25, 0.3) is 0 Å². The van der Waals surface area contributed by atoms with Gasteiger partial charge in [-0.3, -0.25) is 0 Å². The molecule has 1 nitrogen and oxygen atoms in total. The predicted octanol–water partition coefficient (Wildman–Crippen LogP) is 6.30. The largest absolute Gasteiger partial charge is 0.485 e. The first kappa shape index (κ1) is 17.1. The van der Waals surface area contributed by atoms with E-state index in [2.05, 4.69) is 71.9 Å². The zero-order chi connectivity index (χ0) is 17.4. The number of fused-ring (bicyclic) bond motifs is 1. The van der Waals surface area contributed by atoms with Crippen LogP contribution in [0.3, 0.4) is 0 Å². The van der Waals surface area contributed by atoms with Crippen molar-refractivity contribution >= 4 is 0 Å². The number of ether oxygens (including phenoxy) is 1. The van der Waals surface area contributed by atoms with E-state index in [-0.39, 0.29) is 6.10 Å². The van der Waals surface area contributed by atoms with E-state index < -0.39 is 0 Å². The van der Waals surface area contributed by atoms with Gasteiger partial charge in [0, 0.05) is 5.92 Å². The van der Waals surface area contributed by atoms with Gasteiger partial charge in [-0.1, -0.05) is 52.0 Å². The summed E-state index contributed by atoms with van der Waals surface area (Å²) in [6.07, 6.45) is 2.31. The van der Waals surface area contributed by atoms with Crippen LogP contribution in [0.5, 0.6) is 5.75 Å². The summed E-state index contributed by atoms with van der Waals surface area (Å²) in [5.41, 5.74) is 8.27. The van der Waals surface area contributed by atoms with E-state index in [1.54, 1.807) is 0 Å². The molecule has 128 valence electrons. The van der Waals surface area contributed by atoms with E-state index in [9.17, 15) is 0 Å². The monoisotopic (exact) mass is 322 g/mol. The first-order chi connectivity index (χ1) is 11.4. The van der Waals surface area contributed by atoms with Crippen LogP contribution >= 0.6 is 0 Å². The smallest absolute Gasteiger partial charge is 0.127 e. The summed E-state index contributed by atoms with van der Waals surface area (Å²) in [7, 11) is 0. The number of rotatable bonds is 3. The molecule has 0 aliphatic carbocycles. The lowest BCUT2D eigenvalue weighted by Crippen LogP contribution is -2.25. The minimum atomic E-state index is 0.156. The first-order valence-corrected chi connectivity index (χ1v) is 9.30. The molecule has 1 heterocycles. The van der Waals surface area contributed by atoms with E-state index >= 15 is 0 Å². The molecule has 3 rings (SSSR count). The molecule has 1 unspecified atom stereocenters. The lowest BCUT2D eigenvalue weighted by molar-refractivity contribution is 0.122. The van der Waals surface area contributed by atoms with Crippen molar-refractivity contribution in [2.24, 2.45) is 5.92 Å². The highest BCUT2D eigenvalue weighted by Gasteiger charge is 2.30. The van der Waals surface area contributed by atoms with Crippen LogP contribution in [-0.4, -0.2) is 0 Å². The molecule has 0 N–H and O–H groups in total. The fourth-order valence-electron chi connectivity index (χ4n) is 3.79. The zero-order valence-electron chi connectivity index (χ0n) is 15.9. The third kappa shape index (κ3) is 3.09. The van der Waals surface area contributed by atoms with Crippen LogP contribution in [-0.2, 0) is 12.8 Å². The Labute approximate surface area is 147 Å². The van der Waals surface area contributed by atoms with Gasteiger partial charge < -0.3 is 4.74 Å². The Morgan fingerprint density at radius 2 is 1.83 bits per heavy atom. The summed E-state index contributed by atoms with van der Waals surface area (Å²) in [4.78, 5) is 0. The van der Waals surface area contributed by atoms with E-state index in [4.69, 9.17) is 4.74 Å². The maximum Gasteiger partial charge on any atom is 0.127 e. The molecule has 0 spiro atoms. The summed E-state index contributed by atoms with van der Waals surface area (Å²) >= 11 is 0. The highest BCUT2D eigenvalue weighted by molar-refractivity contribution is 5.48. The minimum Gasteiger partial charge on any atom is -0.485 e. The second kappa shape index (κ2) is 6.63. The molecule has 2 aromatic carbocycles. The van der Waals surface area contributed by atoms with Gasteiger partial charge in [-0.25, -0.2) is 0 Å². The van der Waals surface area contributed by atoms with E-state index in [1.807, 2.05) is 0 Å². The molecule has 2 aromatic rings. The molecular weight excluding hydrogens is 292 g/mol. The second-order valence-corrected chi connectivity index (χ2v) is 7.73. The van der Waals surface area contributed by atoms with Crippen LogP contribution in [0.15, 0.2) is 30.3 Å². The van der Waals surface area contributed by atoms with Gasteiger partial charge in [0.05, 0.1) is 0 Å². The van der Waals surface area contributed by atoms with Crippen molar-refractivity contribution in [1.29, 1.82) is 0 Å². The Balaban J connectivity index is 2.02. The highest BCUT2D eigenvalue weighted by Crippen LogP contribution is 2.42. The van der Waals surface area contributed by atoms with Crippen LogP contribution < -0.4 is 4.74 Å². The molecule has 0 bridgehead atoms. The number of hydrogen-bond acceptors (Lipinski definition) is 1. The van der Waals surface area contributed by atoms with Crippen molar-refractivity contribution in [3.8, 4) is 5.75 Å². The molecule has 2 atom stereocenters. The molecule has 0 saturated carbocycles. The van der Waals surface area contributed by atoms with Crippen LogP contribution in [0.2, 0.25) is 0 Å². The minimum absolute atomic E-state index is 0.156. The average Bonchev–Trinajstić information content (AvgIpc) is 2.55. The molecule has 24 heavy (non-hydrogen) atoms. The highest BCUT2D eigenvalue weighted by atomic mass is 16.5. The van der Waals surface area contributed by atoms with E-state index in [0.29, 0.717) is 11.8 Å². The summed E-state index contributed by atoms with van der Waals surface area (Å²) < 4.78 is 6.56. The van der Waals surface area contributed by atoms with Gasteiger partial charge in [0.15, 0.2) is 0 Å². The van der Waals surface area contributed by atoms with Crippen molar-refractivity contribution in [2.45, 2.75) is 66.4 Å². The first-order valence-electron chi connectivity index (χ1n) is 9.30. The Kier molecular flexibility index (Phi) is 4.71. The van der Waals surface area contributed by atoms with Crippen LogP contribution in [0.4, 0.5) is 0 Å². The molecule has 0 amide bonds. The quantitative estimate of drug-likeness (QED) is 0.644. The lowest BCUT2D eigenvalue weighted by atomic mass is 9.82. The number of aryl methyl sites for hydroxylation is 3. The molecule has 0 radical (unpaired) electrons. The van der Waals surface area contributed by atoms with Gasteiger partial charge in [-0.2, -0.15) is 0 Å². The fourth-order valence-corrected chi connectivity index (χ4v) is 3.79. The van der Waals surface area contributed by atoms with Crippen molar-refractivity contribution in [3.63, 3.8) is 0 Å². The zero-order valence-corrected chi connectivity index (χ0v) is 15.9. The third-order valence-corrected chi connectivity index (χ3v) is 5.49. The molecule has 1 aliphatic rings. The molecule has 0 fully saturated rings. The van der Waals surface area contributed by atoms with Gasteiger partial charge >= 0.3 is 0 Å². The molecule has 1 aliphatic heterocycles. The Morgan fingerprint density at radius 1 is 1.08 bits per heavy atom. The van der Waals surface area contributed by atoms with Crippen LogP contribution in [0, 0.1) is 19.8 Å². The van der Waals surface area contributed by atoms with Crippen molar-refractivity contribution in [2.75, 3.05) is 0 Å². The van der Waals surface area contributed by atoms with Gasteiger partial charge in [0.1, 0.15) is 11.9 Å². The summed E-state index contributed by atoms with van der Waals surface area (Å²) in [6.45, 7) is 13.5. The Morgan fingerprint density at radius 3 is 2.46 bits per heavy atom. The Bertz CT molecular complexity index is 742. The fraction of sp³-hybridized carbons (Fsp3) is 0.478. The Hall–Kier alpha value is -1.76. The van der Waals surface area contributed by atoms with Crippen molar-refractivity contribution in [1.82, 2.24) is 0 Å². The van der Waals surface area contributed by atoms with Gasteiger partial charge in [0.2, 0.25) is 0 Å². The van der Waals surface area contributed by atoms with E-state index in [1.165, 1.54) is 33.4 Å². The maximum atomic E-state index is 6.56. The normalized spacial score (nSPS) is 20.0. The number of hydrogen-bond donors (Lipinski definition) is 0. The maximum absolute atomic E-state index is 6.56. The van der Waals surface area contributed by atoms with E-state index in [0.717, 1.165) is 18.6 Å². The molecule has 0 saturated heterocycles. The lowest BCUT2D eigenvalue weighted by Gasteiger charge is -2.34. The van der Waals surface area contributed by atoms with Crippen molar-refractivity contribution < 1.29 is 4.74 Å². The van der Waals surface area contributed by atoms with Gasteiger partial charge in [-0.05, 0) is 72.1 Å². The van der Waals surface area contributed by atoms with Crippen molar-refractivity contribution in [3.05, 3.63) is 63.7 Å². The van der Waals surface area contributed by atoms with Crippen LogP contribution in [0.1, 0.15) is 73.1 Å². The standard InChI is InChI=1S/C23H30O/c1-7-18-12-20(14(2)3)21-11-17(6)23(24-22(21)13-18)19-9-8-15(4)16(5)10-19/h8-10,12-14,17,23H,7,11H2,1-6H3/t17?,23-/m0/s1. The van der Waals surface area contributed by atoms with Crippen LogP contribution in [0.25, 0.3) is 0 Å². The summed E-state index contributed by atoms with van der Waals surface area (Å²) in [5.74, 6) is 2.14. The molecular formula is C23H30O. The summed E-state index contributed by atoms with van der Waals surface area (Å²) in [6, 6.07) is 11.4. The SMILES string of the molecule is CCc1cc2c(c(C(C)C)c1)CC(C)[C@@H](c1ccc(C)c(C)c1)O2. The summed E-state index contributed by atoms with van der Waals surface area (Å²) in [5, 5.41) is 0. The predicted molar refractivity (Wildman–Crippen MR) is 102 cm³/mol. The van der Waals surface area contributed by atoms with Gasteiger partial charge in [-0.15, -0.1) is 0 Å². The third-order valence-electron chi connectivity index (χ3n) is 5.49. The topological polar surface area (TPSA) is 9.23 Å².